The Morgan fingerprint density at radius 1 is 1.44 bits per heavy atom. The predicted molar refractivity (Wildman–Crippen MR) is 67.4 cm³/mol. The van der Waals surface area contributed by atoms with Crippen LogP contribution in [0.5, 0.6) is 0 Å². The number of nitrogens with zero attached hydrogens (tertiary/aromatic N) is 2. The van der Waals surface area contributed by atoms with Crippen LogP contribution in [0.25, 0.3) is 11.0 Å². The first kappa shape index (κ1) is 11.1. The van der Waals surface area contributed by atoms with Crippen molar-refractivity contribution < 1.29 is 0 Å². The first-order valence-electron chi connectivity index (χ1n) is 5.75. The van der Waals surface area contributed by atoms with Crippen LogP contribution in [0.15, 0.2) is 18.2 Å². The molecule has 0 aliphatic rings. The molecule has 0 radical (unpaired) electrons. The molecule has 2 aromatic rings. The van der Waals surface area contributed by atoms with Crippen LogP contribution in [0.3, 0.4) is 0 Å². The summed E-state index contributed by atoms with van der Waals surface area (Å²) in [5.41, 5.74) is 9.39. The minimum Gasteiger partial charge on any atom is -0.331 e. The monoisotopic (exact) mass is 217 g/mol. The smallest absolute Gasteiger partial charge is 0.106 e. The summed E-state index contributed by atoms with van der Waals surface area (Å²) >= 11 is 0. The lowest BCUT2D eigenvalue weighted by molar-refractivity contribution is 0.666. The highest BCUT2D eigenvalue weighted by Crippen LogP contribution is 2.17. The zero-order valence-electron chi connectivity index (χ0n) is 10.2. The van der Waals surface area contributed by atoms with Crippen molar-refractivity contribution in [3.8, 4) is 0 Å². The first-order valence-corrected chi connectivity index (χ1v) is 5.75. The average molecular weight is 217 g/mol. The molecule has 1 unspecified atom stereocenters. The Kier molecular flexibility index (Phi) is 2.97. The highest BCUT2D eigenvalue weighted by Gasteiger charge is 2.05. The summed E-state index contributed by atoms with van der Waals surface area (Å²) in [7, 11) is 2.06. The number of imidazole rings is 1. The highest BCUT2D eigenvalue weighted by molar-refractivity contribution is 5.76. The van der Waals surface area contributed by atoms with Crippen LogP contribution < -0.4 is 5.73 Å². The van der Waals surface area contributed by atoms with Crippen LogP contribution >= 0.6 is 0 Å². The van der Waals surface area contributed by atoms with Crippen molar-refractivity contribution in [3.63, 3.8) is 0 Å². The Bertz CT molecular complexity index is 497. The normalized spacial score (nSPS) is 13.2. The van der Waals surface area contributed by atoms with Gasteiger partial charge >= 0.3 is 0 Å². The third-order valence-electron chi connectivity index (χ3n) is 3.06. The van der Waals surface area contributed by atoms with Crippen LogP contribution in [0, 0.1) is 6.92 Å². The Hall–Kier alpha value is -1.35. The van der Waals surface area contributed by atoms with Crippen molar-refractivity contribution in [1.29, 1.82) is 0 Å². The molecule has 0 aliphatic heterocycles. The lowest BCUT2D eigenvalue weighted by atomic mass is 10.1. The summed E-state index contributed by atoms with van der Waals surface area (Å²) in [4.78, 5) is 4.49. The molecule has 3 heteroatoms. The van der Waals surface area contributed by atoms with Crippen LogP contribution in [-0.2, 0) is 13.5 Å². The molecule has 1 atom stereocenters. The van der Waals surface area contributed by atoms with E-state index in [0.29, 0.717) is 0 Å². The second kappa shape index (κ2) is 4.26. The molecule has 0 bridgehead atoms. The second-order valence-corrected chi connectivity index (χ2v) is 4.56. The second-order valence-electron chi connectivity index (χ2n) is 4.56. The molecule has 0 spiro atoms. The Labute approximate surface area is 96.3 Å². The molecule has 0 amide bonds. The fraction of sp³-hybridized carbons (Fsp3) is 0.462. The molecule has 16 heavy (non-hydrogen) atoms. The topological polar surface area (TPSA) is 43.8 Å². The van der Waals surface area contributed by atoms with Crippen LogP contribution in [0.1, 0.15) is 24.7 Å². The molecule has 2 N–H and O–H groups in total. The Morgan fingerprint density at radius 2 is 2.19 bits per heavy atom. The van der Waals surface area contributed by atoms with Gasteiger partial charge in [0.2, 0.25) is 0 Å². The number of nitrogens with two attached hydrogens (primary N) is 1. The number of aryl methyl sites for hydroxylation is 3. The molecule has 0 aliphatic carbocycles. The Balaban J connectivity index is 2.32. The van der Waals surface area contributed by atoms with E-state index in [4.69, 9.17) is 5.73 Å². The fourth-order valence-corrected chi connectivity index (χ4v) is 1.91. The van der Waals surface area contributed by atoms with Gasteiger partial charge in [-0.15, -0.1) is 0 Å². The molecule has 2 rings (SSSR count). The van der Waals surface area contributed by atoms with E-state index < -0.39 is 0 Å². The zero-order chi connectivity index (χ0) is 11.7. The van der Waals surface area contributed by atoms with Gasteiger partial charge in [0.1, 0.15) is 5.82 Å². The Morgan fingerprint density at radius 3 is 2.88 bits per heavy atom. The number of rotatable bonds is 3. The fourth-order valence-electron chi connectivity index (χ4n) is 1.91. The van der Waals surface area contributed by atoms with Crippen molar-refractivity contribution in [2.45, 2.75) is 32.7 Å². The van der Waals surface area contributed by atoms with Gasteiger partial charge in [0, 0.05) is 13.1 Å². The molecule has 0 fully saturated rings. The van der Waals surface area contributed by atoms with Crippen LogP contribution in [0.4, 0.5) is 0 Å². The first-order chi connectivity index (χ1) is 7.58. The van der Waals surface area contributed by atoms with Gasteiger partial charge < -0.3 is 10.3 Å². The van der Waals surface area contributed by atoms with Crippen molar-refractivity contribution in [3.05, 3.63) is 29.6 Å². The standard InChI is InChI=1S/C13H19N3/c1-9(14)4-5-11-6-7-12-13(8-11)16(3)10(2)15-12/h6-9H,4-5,14H2,1-3H3. The summed E-state index contributed by atoms with van der Waals surface area (Å²) in [6.07, 6.45) is 2.07. The van der Waals surface area contributed by atoms with Crippen LogP contribution in [0.2, 0.25) is 0 Å². The van der Waals surface area contributed by atoms with Gasteiger partial charge in [0.25, 0.3) is 0 Å². The third-order valence-corrected chi connectivity index (χ3v) is 3.06. The van der Waals surface area contributed by atoms with E-state index in [9.17, 15) is 0 Å². The number of aromatic nitrogens is 2. The molecule has 0 saturated heterocycles. The minimum absolute atomic E-state index is 0.268. The van der Waals surface area contributed by atoms with E-state index in [-0.39, 0.29) is 6.04 Å². The zero-order valence-corrected chi connectivity index (χ0v) is 10.2. The lowest BCUT2D eigenvalue weighted by Crippen LogP contribution is -2.15. The van der Waals surface area contributed by atoms with Crippen molar-refractivity contribution in [2.75, 3.05) is 0 Å². The van der Waals surface area contributed by atoms with Crippen LogP contribution in [-0.4, -0.2) is 15.6 Å². The lowest BCUT2D eigenvalue weighted by Gasteiger charge is -2.05. The summed E-state index contributed by atoms with van der Waals surface area (Å²) in [6, 6.07) is 6.73. The minimum atomic E-state index is 0.268. The van der Waals surface area contributed by atoms with Gasteiger partial charge in [-0.3, -0.25) is 0 Å². The maximum Gasteiger partial charge on any atom is 0.106 e. The summed E-state index contributed by atoms with van der Waals surface area (Å²) in [5, 5.41) is 0. The molecule has 0 saturated carbocycles. The molecular weight excluding hydrogens is 198 g/mol. The molecule has 3 nitrogen and oxygen atoms in total. The van der Waals surface area contributed by atoms with Gasteiger partial charge in [-0.05, 0) is 44.4 Å². The van der Waals surface area contributed by atoms with Gasteiger partial charge in [0.15, 0.2) is 0 Å². The molecule has 1 aromatic carbocycles. The largest absolute Gasteiger partial charge is 0.331 e. The third kappa shape index (κ3) is 2.09. The molecule has 1 heterocycles. The van der Waals surface area contributed by atoms with Gasteiger partial charge in [-0.25, -0.2) is 4.98 Å². The number of hydrogen-bond donors (Lipinski definition) is 1. The number of hydrogen-bond acceptors (Lipinski definition) is 2. The quantitative estimate of drug-likeness (QED) is 0.856. The van der Waals surface area contributed by atoms with E-state index in [1.165, 1.54) is 11.1 Å². The van der Waals surface area contributed by atoms with Crippen molar-refractivity contribution in [2.24, 2.45) is 12.8 Å². The van der Waals surface area contributed by atoms with Crippen molar-refractivity contribution in [1.82, 2.24) is 9.55 Å². The van der Waals surface area contributed by atoms with E-state index in [1.807, 2.05) is 13.8 Å². The average Bonchev–Trinajstić information content (AvgIpc) is 2.52. The van der Waals surface area contributed by atoms with E-state index in [0.717, 1.165) is 24.2 Å². The maximum absolute atomic E-state index is 5.77. The maximum atomic E-state index is 5.77. The SMILES string of the molecule is Cc1nc2ccc(CCC(C)N)cc2n1C. The number of benzene rings is 1. The van der Waals surface area contributed by atoms with E-state index in [1.54, 1.807) is 0 Å². The summed E-state index contributed by atoms with van der Waals surface area (Å²) < 4.78 is 2.13. The van der Waals surface area contributed by atoms with E-state index in [2.05, 4.69) is 34.8 Å². The van der Waals surface area contributed by atoms with Gasteiger partial charge in [-0.2, -0.15) is 0 Å². The molecular formula is C13H19N3. The highest BCUT2D eigenvalue weighted by atomic mass is 15.0. The molecule has 1 aromatic heterocycles. The van der Waals surface area contributed by atoms with Gasteiger partial charge in [-0.1, -0.05) is 6.07 Å². The summed E-state index contributed by atoms with van der Waals surface area (Å²) in [5.74, 6) is 1.05. The molecule has 86 valence electrons. The van der Waals surface area contributed by atoms with Gasteiger partial charge in [0.05, 0.1) is 11.0 Å². The number of fused-ring (bicyclic) bond motifs is 1. The van der Waals surface area contributed by atoms with Crippen molar-refractivity contribution >= 4 is 11.0 Å². The van der Waals surface area contributed by atoms with E-state index >= 15 is 0 Å². The summed E-state index contributed by atoms with van der Waals surface area (Å²) in [6.45, 7) is 4.08. The predicted octanol–water partition coefficient (Wildman–Crippen LogP) is 2.16.